The van der Waals surface area contributed by atoms with Gasteiger partial charge in [0.25, 0.3) is 0 Å². The first-order valence-corrected chi connectivity index (χ1v) is 4.17. The summed E-state index contributed by atoms with van der Waals surface area (Å²) in [6, 6.07) is 0. The first kappa shape index (κ1) is 10.9. The summed E-state index contributed by atoms with van der Waals surface area (Å²) < 4.78 is 23.3. The Morgan fingerprint density at radius 3 is 1.14 bits per heavy atom. The molecule has 4 nitrogen and oxygen atoms in total. The van der Waals surface area contributed by atoms with Crippen LogP contribution in [0.1, 0.15) is 12.8 Å². The fraction of sp³-hybridized carbons (Fsp3) is 0.750. The lowest BCUT2D eigenvalue weighted by Crippen LogP contribution is -1.98. The molecule has 14 heavy (non-hydrogen) atoms. The van der Waals surface area contributed by atoms with Gasteiger partial charge in [-0.25, -0.2) is 8.78 Å². The van der Waals surface area contributed by atoms with Gasteiger partial charge in [0.15, 0.2) is 0 Å². The molecule has 0 unspecified atom stereocenters. The molecule has 0 aromatic rings. The van der Waals surface area contributed by atoms with Gasteiger partial charge in [0.05, 0.1) is 11.8 Å². The van der Waals surface area contributed by atoms with Crippen molar-refractivity contribution >= 4 is 11.9 Å². The van der Waals surface area contributed by atoms with Gasteiger partial charge in [0.2, 0.25) is 0 Å². The second-order valence-corrected chi connectivity index (χ2v) is 3.39. The number of hydrogen-bond acceptors (Lipinski definition) is 2. The molecule has 0 spiro atoms. The molecule has 4 atom stereocenters. The van der Waals surface area contributed by atoms with Gasteiger partial charge < -0.3 is 10.2 Å². The van der Waals surface area contributed by atoms with Gasteiger partial charge in [-0.1, -0.05) is 0 Å². The number of hydrogen-bond donors (Lipinski definition) is 2. The van der Waals surface area contributed by atoms with E-state index >= 15 is 0 Å². The van der Waals surface area contributed by atoms with Gasteiger partial charge in [0, 0.05) is 0 Å². The highest BCUT2D eigenvalue weighted by Crippen LogP contribution is 2.33. The van der Waals surface area contributed by atoms with Crippen LogP contribution in [0.3, 0.4) is 0 Å². The smallest absolute Gasteiger partial charge is 0.309 e. The first-order chi connectivity index (χ1) is 6.43. The predicted octanol–water partition coefficient (Wildman–Crippen LogP) is 0.858. The zero-order chi connectivity index (χ0) is 10.9. The van der Waals surface area contributed by atoms with Crippen molar-refractivity contribution in [1.82, 2.24) is 0 Å². The van der Waals surface area contributed by atoms with E-state index in [4.69, 9.17) is 10.2 Å². The number of rotatable bonds is 2. The zero-order valence-corrected chi connectivity index (χ0v) is 7.19. The minimum Gasteiger partial charge on any atom is -0.481 e. The van der Waals surface area contributed by atoms with Gasteiger partial charge in [-0.05, 0) is 12.8 Å². The standard InChI is InChI=1S/2C4H5FO2/c2*5-3-1-2(3)4(6)7/h2*2-3H,1H2,(H,6,7)/t2*2-,3+/m10/s1. The van der Waals surface area contributed by atoms with E-state index in [1.807, 2.05) is 0 Å². The van der Waals surface area contributed by atoms with Crippen LogP contribution in [0.5, 0.6) is 0 Å². The van der Waals surface area contributed by atoms with Crippen LogP contribution < -0.4 is 0 Å². The topological polar surface area (TPSA) is 74.6 Å². The van der Waals surface area contributed by atoms with Crippen molar-refractivity contribution in [3.63, 3.8) is 0 Å². The highest BCUT2D eigenvalue weighted by Gasteiger charge is 2.44. The third kappa shape index (κ3) is 2.93. The lowest BCUT2D eigenvalue weighted by molar-refractivity contribution is -0.139. The van der Waals surface area contributed by atoms with Crippen LogP contribution in [0.25, 0.3) is 0 Å². The van der Waals surface area contributed by atoms with Crippen molar-refractivity contribution in [3.05, 3.63) is 0 Å². The van der Waals surface area contributed by atoms with Gasteiger partial charge in [-0.15, -0.1) is 0 Å². The first-order valence-electron chi connectivity index (χ1n) is 4.17. The molecular weight excluding hydrogens is 198 g/mol. The van der Waals surface area contributed by atoms with Crippen LogP contribution in [0.2, 0.25) is 0 Å². The summed E-state index contributed by atoms with van der Waals surface area (Å²) in [5.74, 6) is -3.38. The third-order valence-corrected chi connectivity index (χ3v) is 2.06. The van der Waals surface area contributed by atoms with Crippen molar-refractivity contribution in [1.29, 1.82) is 0 Å². The van der Waals surface area contributed by atoms with Crippen molar-refractivity contribution < 1.29 is 28.6 Å². The Hall–Kier alpha value is -1.20. The molecule has 0 aromatic heterocycles. The average Bonchev–Trinajstić information content (AvgIpc) is 2.90. The summed E-state index contributed by atoms with van der Waals surface area (Å²) in [4.78, 5) is 19.5. The Labute approximate surface area is 78.5 Å². The molecule has 2 saturated carbocycles. The summed E-state index contributed by atoms with van der Waals surface area (Å²) in [6.45, 7) is 0. The molecule has 2 aliphatic carbocycles. The summed E-state index contributed by atoms with van der Waals surface area (Å²) >= 11 is 0. The zero-order valence-electron chi connectivity index (χ0n) is 7.19. The molecule has 2 fully saturated rings. The van der Waals surface area contributed by atoms with Crippen molar-refractivity contribution in [2.75, 3.05) is 0 Å². The maximum Gasteiger partial charge on any atom is 0.309 e. The molecule has 0 bridgehead atoms. The molecule has 0 aromatic carbocycles. The number of halogens is 2. The van der Waals surface area contributed by atoms with Crippen LogP contribution in [0, 0.1) is 11.8 Å². The van der Waals surface area contributed by atoms with Crippen LogP contribution in [0.4, 0.5) is 8.78 Å². The number of carboxylic acid groups (broad SMARTS) is 2. The summed E-state index contributed by atoms with van der Waals surface area (Å²) in [6.07, 6.45) is -1.68. The number of carboxylic acids is 2. The van der Waals surface area contributed by atoms with Crippen LogP contribution in [0.15, 0.2) is 0 Å². The van der Waals surface area contributed by atoms with E-state index < -0.39 is 36.1 Å². The summed E-state index contributed by atoms with van der Waals surface area (Å²) in [5, 5.41) is 16.0. The van der Waals surface area contributed by atoms with E-state index in [0.717, 1.165) is 0 Å². The molecular formula is C8H10F2O4. The van der Waals surface area contributed by atoms with Crippen LogP contribution in [-0.4, -0.2) is 34.5 Å². The Morgan fingerprint density at radius 1 is 0.929 bits per heavy atom. The molecule has 0 heterocycles. The molecule has 2 rings (SSSR count). The molecule has 80 valence electrons. The van der Waals surface area contributed by atoms with E-state index in [-0.39, 0.29) is 12.8 Å². The molecule has 0 radical (unpaired) electrons. The van der Waals surface area contributed by atoms with Crippen molar-refractivity contribution in [3.8, 4) is 0 Å². The average molecular weight is 208 g/mol. The predicted molar refractivity (Wildman–Crippen MR) is 41.3 cm³/mol. The molecule has 2 aliphatic rings. The van der Waals surface area contributed by atoms with E-state index in [2.05, 4.69) is 0 Å². The third-order valence-electron chi connectivity index (χ3n) is 2.06. The highest BCUT2D eigenvalue weighted by atomic mass is 19.1. The second kappa shape index (κ2) is 3.89. The fourth-order valence-electron chi connectivity index (χ4n) is 0.839. The minimum absolute atomic E-state index is 0.218. The number of carbonyl (C=O) groups is 2. The molecule has 0 amide bonds. The van der Waals surface area contributed by atoms with E-state index in [1.165, 1.54) is 0 Å². The number of alkyl halides is 2. The monoisotopic (exact) mass is 208 g/mol. The lowest BCUT2D eigenvalue weighted by atomic mass is 10.4. The highest BCUT2D eigenvalue weighted by molar-refractivity contribution is 5.74. The maximum atomic E-state index is 11.6. The van der Waals surface area contributed by atoms with Gasteiger partial charge in [-0.2, -0.15) is 0 Å². The molecule has 6 heteroatoms. The van der Waals surface area contributed by atoms with Crippen LogP contribution in [-0.2, 0) is 9.59 Å². The lowest BCUT2D eigenvalue weighted by Gasteiger charge is -1.77. The minimum atomic E-state index is -1.06. The van der Waals surface area contributed by atoms with Crippen LogP contribution >= 0.6 is 0 Å². The number of aliphatic carboxylic acids is 2. The van der Waals surface area contributed by atoms with E-state index in [0.29, 0.717) is 0 Å². The van der Waals surface area contributed by atoms with Gasteiger partial charge in [0.1, 0.15) is 12.3 Å². The van der Waals surface area contributed by atoms with E-state index in [1.54, 1.807) is 0 Å². The van der Waals surface area contributed by atoms with Crippen molar-refractivity contribution in [2.45, 2.75) is 25.2 Å². The maximum absolute atomic E-state index is 11.6. The quantitative estimate of drug-likeness (QED) is 0.705. The Bertz CT molecular complexity index is 230. The Kier molecular flexibility index (Phi) is 3.03. The van der Waals surface area contributed by atoms with E-state index in [9.17, 15) is 18.4 Å². The van der Waals surface area contributed by atoms with Gasteiger partial charge >= 0.3 is 11.9 Å². The summed E-state index contributed by atoms with van der Waals surface area (Å²) in [5.41, 5.74) is 0. The molecule has 0 aliphatic heterocycles. The Morgan fingerprint density at radius 2 is 1.14 bits per heavy atom. The summed E-state index contributed by atoms with van der Waals surface area (Å²) in [7, 11) is 0. The Balaban J connectivity index is 0.000000140. The van der Waals surface area contributed by atoms with Gasteiger partial charge in [-0.3, -0.25) is 9.59 Å². The largest absolute Gasteiger partial charge is 0.481 e. The normalized spacial score (nSPS) is 37.9. The second-order valence-electron chi connectivity index (χ2n) is 3.39. The fourth-order valence-corrected chi connectivity index (χ4v) is 0.839. The molecule has 2 N–H and O–H groups in total. The SMILES string of the molecule is O=C(O)[C@@H]1C[C@@H]1F.O=C(O)[C@H]1C[C@H]1F. The van der Waals surface area contributed by atoms with Crippen molar-refractivity contribution in [2.24, 2.45) is 11.8 Å². The molecule has 0 saturated heterocycles.